The van der Waals surface area contributed by atoms with Crippen LogP contribution in [0.5, 0.6) is 0 Å². The first-order valence-corrected chi connectivity index (χ1v) is 8.82. The van der Waals surface area contributed by atoms with E-state index in [1.807, 2.05) is 36.9 Å². The van der Waals surface area contributed by atoms with Gasteiger partial charge in [0.15, 0.2) is 0 Å². The Hall–Kier alpha value is -2.17. The van der Waals surface area contributed by atoms with Gasteiger partial charge in [0.25, 0.3) is 5.56 Å². The number of hydrogen-bond acceptors (Lipinski definition) is 3. The van der Waals surface area contributed by atoms with E-state index in [1.54, 1.807) is 6.07 Å². The molecule has 5 nitrogen and oxygen atoms in total. The third-order valence-corrected chi connectivity index (χ3v) is 4.86. The Bertz CT molecular complexity index is 776. The van der Waals surface area contributed by atoms with Crippen molar-refractivity contribution in [2.45, 2.75) is 58.5 Å². The van der Waals surface area contributed by atoms with Crippen LogP contribution in [0, 0.1) is 5.92 Å². The SMILES string of the molecule is CC(C)N(Cc1nc2ccccc2c(=O)[nH]1)C(=O)CC1CCCC1. The van der Waals surface area contributed by atoms with Gasteiger partial charge in [-0.2, -0.15) is 0 Å². The number of hydrogen-bond donors (Lipinski definition) is 1. The number of rotatable bonds is 5. The van der Waals surface area contributed by atoms with Gasteiger partial charge in [-0.05, 0) is 44.7 Å². The fourth-order valence-corrected chi connectivity index (χ4v) is 3.51. The van der Waals surface area contributed by atoms with Crippen LogP contribution in [-0.4, -0.2) is 26.8 Å². The van der Waals surface area contributed by atoms with Gasteiger partial charge in [0, 0.05) is 12.5 Å². The summed E-state index contributed by atoms with van der Waals surface area (Å²) < 4.78 is 0. The van der Waals surface area contributed by atoms with Gasteiger partial charge < -0.3 is 9.88 Å². The molecule has 1 N–H and O–H groups in total. The Balaban J connectivity index is 1.80. The number of aromatic amines is 1. The number of benzene rings is 1. The summed E-state index contributed by atoms with van der Waals surface area (Å²) in [6.45, 7) is 4.36. The highest BCUT2D eigenvalue weighted by molar-refractivity contribution is 5.78. The molecule has 0 atom stereocenters. The first-order valence-electron chi connectivity index (χ1n) is 8.82. The standard InChI is InChI=1S/C19H25N3O2/c1-13(2)22(18(23)11-14-7-3-4-8-14)12-17-20-16-10-6-5-9-15(16)19(24)21-17/h5-6,9-10,13-14H,3-4,7-8,11-12H2,1-2H3,(H,20,21,24). The third kappa shape index (κ3) is 3.66. The lowest BCUT2D eigenvalue weighted by Gasteiger charge is -2.27. The van der Waals surface area contributed by atoms with E-state index in [-0.39, 0.29) is 17.5 Å². The number of carbonyl (C=O) groups is 1. The van der Waals surface area contributed by atoms with Crippen molar-refractivity contribution in [3.8, 4) is 0 Å². The second-order valence-corrected chi connectivity index (χ2v) is 7.00. The topological polar surface area (TPSA) is 66.1 Å². The Morgan fingerprint density at radius 2 is 2.00 bits per heavy atom. The molecule has 0 spiro atoms. The highest BCUT2D eigenvalue weighted by Gasteiger charge is 2.24. The summed E-state index contributed by atoms with van der Waals surface area (Å²) in [6, 6.07) is 7.36. The summed E-state index contributed by atoms with van der Waals surface area (Å²) in [5.41, 5.74) is 0.519. The summed E-state index contributed by atoms with van der Waals surface area (Å²) in [5, 5.41) is 0.578. The Morgan fingerprint density at radius 1 is 1.29 bits per heavy atom. The number of fused-ring (bicyclic) bond motifs is 1. The smallest absolute Gasteiger partial charge is 0.258 e. The zero-order valence-corrected chi connectivity index (χ0v) is 14.4. The normalized spacial score (nSPS) is 15.3. The largest absolute Gasteiger partial charge is 0.333 e. The van der Waals surface area contributed by atoms with Crippen LogP contribution in [-0.2, 0) is 11.3 Å². The minimum Gasteiger partial charge on any atom is -0.333 e. The van der Waals surface area contributed by atoms with E-state index in [0.29, 0.717) is 35.6 Å². The molecule has 2 aromatic rings. The average molecular weight is 327 g/mol. The van der Waals surface area contributed by atoms with Crippen LogP contribution in [0.4, 0.5) is 0 Å². The Morgan fingerprint density at radius 3 is 2.71 bits per heavy atom. The van der Waals surface area contributed by atoms with E-state index in [4.69, 9.17) is 0 Å². The first kappa shape index (κ1) is 16.7. The third-order valence-electron chi connectivity index (χ3n) is 4.86. The van der Waals surface area contributed by atoms with E-state index in [9.17, 15) is 9.59 Å². The molecule has 1 heterocycles. The van der Waals surface area contributed by atoms with E-state index in [1.165, 1.54) is 12.8 Å². The molecular weight excluding hydrogens is 302 g/mol. The molecule has 1 aliphatic rings. The Kier molecular flexibility index (Phi) is 4.97. The summed E-state index contributed by atoms with van der Waals surface area (Å²) in [6.07, 6.45) is 5.39. The van der Waals surface area contributed by atoms with Crippen molar-refractivity contribution in [3.05, 3.63) is 40.4 Å². The highest BCUT2D eigenvalue weighted by atomic mass is 16.2. The van der Waals surface area contributed by atoms with Crippen LogP contribution >= 0.6 is 0 Å². The van der Waals surface area contributed by atoms with Crippen molar-refractivity contribution in [2.24, 2.45) is 5.92 Å². The van der Waals surface area contributed by atoms with Gasteiger partial charge in [0.1, 0.15) is 5.82 Å². The maximum Gasteiger partial charge on any atom is 0.258 e. The van der Waals surface area contributed by atoms with Gasteiger partial charge in [-0.25, -0.2) is 4.98 Å². The maximum atomic E-state index is 12.7. The predicted molar refractivity (Wildman–Crippen MR) is 94.6 cm³/mol. The predicted octanol–water partition coefficient (Wildman–Crippen LogP) is 3.24. The molecule has 0 aliphatic heterocycles. The second kappa shape index (κ2) is 7.16. The lowest BCUT2D eigenvalue weighted by atomic mass is 10.0. The number of aromatic nitrogens is 2. The molecule has 1 fully saturated rings. The molecule has 1 aromatic carbocycles. The highest BCUT2D eigenvalue weighted by Crippen LogP contribution is 2.28. The quantitative estimate of drug-likeness (QED) is 0.917. The minimum absolute atomic E-state index is 0.0793. The second-order valence-electron chi connectivity index (χ2n) is 7.00. The molecule has 128 valence electrons. The van der Waals surface area contributed by atoms with Crippen molar-refractivity contribution >= 4 is 16.8 Å². The van der Waals surface area contributed by atoms with Crippen molar-refractivity contribution < 1.29 is 4.79 Å². The molecule has 1 aromatic heterocycles. The summed E-state index contributed by atoms with van der Waals surface area (Å²) in [4.78, 5) is 34.1. The molecule has 3 rings (SSSR count). The lowest BCUT2D eigenvalue weighted by molar-refractivity contribution is -0.134. The van der Waals surface area contributed by atoms with Gasteiger partial charge in [0.2, 0.25) is 5.91 Å². The molecule has 0 radical (unpaired) electrons. The first-order chi connectivity index (χ1) is 11.5. The van der Waals surface area contributed by atoms with Crippen molar-refractivity contribution in [1.82, 2.24) is 14.9 Å². The van der Waals surface area contributed by atoms with E-state index in [0.717, 1.165) is 12.8 Å². The number of H-pyrrole nitrogens is 1. The zero-order chi connectivity index (χ0) is 17.1. The number of para-hydroxylation sites is 1. The molecule has 5 heteroatoms. The van der Waals surface area contributed by atoms with E-state index in [2.05, 4.69) is 9.97 Å². The molecule has 0 saturated heterocycles. The minimum atomic E-state index is -0.150. The van der Waals surface area contributed by atoms with E-state index < -0.39 is 0 Å². The van der Waals surface area contributed by atoms with E-state index >= 15 is 0 Å². The van der Waals surface area contributed by atoms with Crippen molar-refractivity contribution in [1.29, 1.82) is 0 Å². The molecule has 0 unspecified atom stereocenters. The Labute approximate surface area is 142 Å². The zero-order valence-electron chi connectivity index (χ0n) is 14.4. The average Bonchev–Trinajstić information content (AvgIpc) is 3.05. The lowest BCUT2D eigenvalue weighted by Crippen LogP contribution is -2.38. The summed E-state index contributed by atoms with van der Waals surface area (Å²) >= 11 is 0. The molecule has 1 aliphatic carbocycles. The summed E-state index contributed by atoms with van der Waals surface area (Å²) in [5.74, 6) is 1.22. The molecule has 24 heavy (non-hydrogen) atoms. The fourth-order valence-electron chi connectivity index (χ4n) is 3.51. The van der Waals surface area contributed by atoms with Gasteiger partial charge in [-0.1, -0.05) is 25.0 Å². The van der Waals surface area contributed by atoms with Crippen LogP contribution in [0.2, 0.25) is 0 Å². The number of carbonyl (C=O) groups excluding carboxylic acids is 1. The summed E-state index contributed by atoms with van der Waals surface area (Å²) in [7, 11) is 0. The number of amides is 1. The molecule has 1 amide bonds. The van der Waals surface area contributed by atoms with Crippen LogP contribution in [0.1, 0.15) is 51.8 Å². The van der Waals surface area contributed by atoms with Crippen LogP contribution in [0.25, 0.3) is 10.9 Å². The maximum absolute atomic E-state index is 12.7. The number of nitrogens with zero attached hydrogens (tertiary/aromatic N) is 2. The molecular formula is C19H25N3O2. The van der Waals surface area contributed by atoms with Crippen LogP contribution in [0.3, 0.4) is 0 Å². The molecule has 0 bridgehead atoms. The van der Waals surface area contributed by atoms with Gasteiger partial charge >= 0.3 is 0 Å². The monoisotopic (exact) mass is 327 g/mol. The van der Waals surface area contributed by atoms with Crippen LogP contribution < -0.4 is 5.56 Å². The van der Waals surface area contributed by atoms with Gasteiger partial charge in [-0.15, -0.1) is 0 Å². The van der Waals surface area contributed by atoms with Crippen molar-refractivity contribution in [2.75, 3.05) is 0 Å². The number of nitrogens with one attached hydrogen (secondary N) is 1. The van der Waals surface area contributed by atoms with Crippen molar-refractivity contribution in [3.63, 3.8) is 0 Å². The van der Waals surface area contributed by atoms with Gasteiger partial charge in [-0.3, -0.25) is 9.59 Å². The van der Waals surface area contributed by atoms with Gasteiger partial charge in [0.05, 0.1) is 17.4 Å². The fraction of sp³-hybridized carbons (Fsp3) is 0.526. The van der Waals surface area contributed by atoms with Crippen LogP contribution in [0.15, 0.2) is 29.1 Å². The molecule has 1 saturated carbocycles.